The maximum Gasteiger partial charge on any atom is 0.246 e. The van der Waals surface area contributed by atoms with Crippen molar-refractivity contribution < 1.29 is 4.52 Å². The minimum absolute atomic E-state index is 0.531. The minimum atomic E-state index is 0.531. The molecule has 0 bridgehead atoms. The molecule has 1 aromatic carbocycles. The van der Waals surface area contributed by atoms with Crippen LogP contribution < -0.4 is 5.32 Å². The van der Waals surface area contributed by atoms with E-state index in [0.717, 1.165) is 12.4 Å². The second-order valence-electron chi connectivity index (χ2n) is 5.65. The monoisotopic (exact) mass is 282 g/mol. The Bertz CT molecular complexity index is 770. The normalized spacial score (nSPS) is 14.9. The van der Waals surface area contributed by atoms with Crippen molar-refractivity contribution in [2.75, 3.05) is 7.05 Å². The zero-order valence-corrected chi connectivity index (χ0v) is 12.0. The Morgan fingerprint density at radius 3 is 3.00 bits per heavy atom. The summed E-state index contributed by atoms with van der Waals surface area (Å²) in [5, 5.41) is 8.57. The number of para-hydroxylation sites is 1. The Morgan fingerprint density at radius 1 is 1.33 bits per heavy atom. The van der Waals surface area contributed by atoms with E-state index in [1.54, 1.807) is 0 Å². The quantitative estimate of drug-likeness (QED) is 0.781. The molecule has 1 fully saturated rings. The van der Waals surface area contributed by atoms with Crippen molar-refractivity contribution in [1.29, 1.82) is 0 Å². The summed E-state index contributed by atoms with van der Waals surface area (Å²) in [5.41, 5.74) is 2.49. The SMILES string of the molecule is CNCc1cn(Cc2nc(C3CC3)no2)c2ccccc12. The van der Waals surface area contributed by atoms with E-state index in [2.05, 4.69) is 50.5 Å². The van der Waals surface area contributed by atoms with Gasteiger partial charge in [-0.3, -0.25) is 0 Å². The molecule has 3 aromatic rings. The largest absolute Gasteiger partial charge is 0.338 e. The molecule has 0 radical (unpaired) electrons. The highest BCUT2D eigenvalue weighted by molar-refractivity contribution is 5.84. The summed E-state index contributed by atoms with van der Waals surface area (Å²) in [6.07, 6.45) is 4.55. The molecule has 0 aliphatic heterocycles. The molecule has 1 N–H and O–H groups in total. The van der Waals surface area contributed by atoms with Crippen molar-refractivity contribution in [2.45, 2.75) is 31.8 Å². The van der Waals surface area contributed by atoms with E-state index in [4.69, 9.17) is 4.52 Å². The number of benzene rings is 1. The van der Waals surface area contributed by atoms with E-state index in [9.17, 15) is 0 Å². The lowest BCUT2D eigenvalue weighted by molar-refractivity contribution is 0.367. The molecule has 108 valence electrons. The highest BCUT2D eigenvalue weighted by Crippen LogP contribution is 2.38. The van der Waals surface area contributed by atoms with Gasteiger partial charge in [-0.05, 0) is 31.5 Å². The number of nitrogens with zero attached hydrogens (tertiary/aromatic N) is 3. The van der Waals surface area contributed by atoms with Gasteiger partial charge in [0.1, 0.15) is 6.54 Å². The van der Waals surface area contributed by atoms with Gasteiger partial charge in [0, 0.05) is 29.6 Å². The molecule has 0 unspecified atom stereocenters. The molecule has 1 aliphatic carbocycles. The summed E-state index contributed by atoms with van der Waals surface area (Å²) < 4.78 is 7.58. The van der Waals surface area contributed by atoms with Crippen LogP contribution >= 0.6 is 0 Å². The summed E-state index contributed by atoms with van der Waals surface area (Å²) in [6, 6.07) is 8.42. The van der Waals surface area contributed by atoms with Gasteiger partial charge in [0.25, 0.3) is 0 Å². The lowest BCUT2D eigenvalue weighted by Crippen LogP contribution is -2.04. The summed E-state index contributed by atoms with van der Waals surface area (Å²) >= 11 is 0. The van der Waals surface area contributed by atoms with Crippen LogP contribution in [-0.2, 0) is 13.1 Å². The van der Waals surface area contributed by atoms with Gasteiger partial charge in [-0.1, -0.05) is 23.4 Å². The number of fused-ring (bicyclic) bond motifs is 1. The number of nitrogens with one attached hydrogen (secondary N) is 1. The van der Waals surface area contributed by atoms with E-state index in [-0.39, 0.29) is 0 Å². The maximum absolute atomic E-state index is 5.39. The Morgan fingerprint density at radius 2 is 2.19 bits per heavy atom. The Hall–Kier alpha value is -2.14. The van der Waals surface area contributed by atoms with Crippen LogP contribution in [0.5, 0.6) is 0 Å². The van der Waals surface area contributed by atoms with Crippen molar-refractivity contribution in [1.82, 2.24) is 20.0 Å². The van der Waals surface area contributed by atoms with E-state index in [1.807, 2.05) is 7.05 Å². The summed E-state index contributed by atoms with van der Waals surface area (Å²) in [6.45, 7) is 1.48. The minimum Gasteiger partial charge on any atom is -0.338 e. The fourth-order valence-electron chi connectivity index (χ4n) is 2.77. The van der Waals surface area contributed by atoms with Crippen molar-refractivity contribution in [2.24, 2.45) is 0 Å². The van der Waals surface area contributed by atoms with Gasteiger partial charge in [-0.2, -0.15) is 4.98 Å². The molecular weight excluding hydrogens is 264 g/mol. The second-order valence-corrected chi connectivity index (χ2v) is 5.65. The lowest BCUT2D eigenvalue weighted by Gasteiger charge is -2.00. The molecule has 2 heterocycles. The van der Waals surface area contributed by atoms with Crippen molar-refractivity contribution in [3.63, 3.8) is 0 Å². The third-order valence-corrected chi connectivity index (χ3v) is 3.97. The van der Waals surface area contributed by atoms with Crippen LogP contribution in [0.1, 0.15) is 36.0 Å². The predicted octanol–water partition coefficient (Wildman–Crippen LogP) is 2.67. The molecular formula is C16H18N4O. The fraction of sp³-hybridized carbons (Fsp3) is 0.375. The molecule has 2 aromatic heterocycles. The van der Waals surface area contributed by atoms with Gasteiger partial charge in [-0.15, -0.1) is 0 Å². The Kier molecular flexibility index (Phi) is 3.00. The van der Waals surface area contributed by atoms with Crippen molar-refractivity contribution >= 4 is 10.9 Å². The Labute approximate surface area is 123 Å². The fourth-order valence-corrected chi connectivity index (χ4v) is 2.77. The average Bonchev–Trinajstić information content (AvgIpc) is 3.17. The van der Waals surface area contributed by atoms with Crippen molar-refractivity contribution in [3.05, 3.63) is 47.7 Å². The smallest absolute Gasteiger partial charge is 0.246 e. The molecule has 1 saturated carbocycles. The zero-order valence-electron chi connectivity index (χ0n) is 12.0. The van der Waals surface area contributed by atoms with E-state index in [1.165, 1.54) is 29.3 Å². The van der Waals surface area contributed by atoms with E-state index in [0.29, 0.717) is 18.4 Å². The average molecular weight is 282 g/mol. The van der Waals surface area contributed by atoms with Gasteiger partial charge >= 0.3 is 0 Å². The van der Waals surface area contributed by atoms with Crippen LogP contribution in [0.4, 0.5) is 0 Å². The summed E-state index contributed by atoms with van der Waals surface area (Å²) in [5.74, 6) is 2.09. The first kappa shape index (κ1) is 12.6. The number of hydrogen-bond acceptors (Lipinski definition) is 4. The maximum atomic E-state index is 5.39. The summed E-state index contributed by atoms with van der Waals surface area (Å²) in [4.78, 5) is 4.52. The van der Waals surface area contributed by atoms with Crippen LogP contribution in [0.2, 0.25) is 0 Å². The predicted molar refractivity (Wildman–Crippen MR) is 80.1 cm³/mol. The molecule has 0 spiro atoms. The first-order chi connectivity index (χ1) is 10.3. The first-order valence-corrected chi connectivity index (χ1v) is 7.39. The highest BCUT2D eigenvalue weighted by Gasteiger charge is 2.28. The highest BCUT2D eigenvalue weighted by atomic mass is 16.5. The standard InChI is InChI=1S/C16H18N4O/c1-17-8-12-9-20(14-5-3-2-4-13(12)14)10-15-18-16(19-21-15)11-6-7-11/h2-5,9,11,17H,6-8,10H2,1H3. The molecule has 1 aliphatic rings. The molecule has 21 heavy (non-hydrogen) atoms. The first-order valence-electron chi connectivity index (χ1n) is 7.39. The number of aromatic nitrogens is 3. The molecule has 0 amide bonds. The van der Waals surface area contributed by atoms with Crippen LogP contribution in [0.25, 0.3) is 10.9 Å². The molecule has 5 heteroatoms. The van der Waals surface area contributed by atoms with Crippen LogP contribution in [-0.4, -0.2) is 21.8 Å². The lowest BCUT2D eigenvalue weighted by atomic mass is 10.2. The molecule has 4 rings (SSSR count). The topological polar surface area (TPSA) is 55.9 Å². The van der Waals surface area contributed by atoms with E-state index < -0.39 is 0 Å². The summed E-state index contributed by atoms with van der Waals surface area (Å²) in [7, 11) is 1.96. The van der Waals surface area contributed by atoms with Gasteiger partial charge in [0.15, 0.2) is 5.82 Å². The van der Waals surface area contributed by atoms with Crippen LogP contribution in [0, 0.1) is 0 Å². The number of rotatable bonds is 5. The van der Waals surface area contributed by atoms with Gasteiger partial charge in [0.05, 0.1) is 0 Å². The van der Waals surface area contributed by atoms with Gasteiger partial charge < -0.3 is 14.4 Å². The molecule has 0 saturated heterocycles. The van der Waals surface area contributed by atoms with E-state index >= 15 is 0 Å². The third-order valence-electron chi connectivity index (χ3n) is 3.97. The van der Waals surface area contributed by atoms with Gasteiger partial charge in [-0.25, -0.2) is 0 Å². The molecule has 5 nitrogen and oxygen atoms in total. The van der Waals surface area contributed by atoms with Crippen molar-refractivity contribution in [3.8, 4) is 0 Å². The van der Waals surface area contributed by atoms with Crippen LogP contribution in [0.15, 0.2) is 35.0 Å². The van der Waals surface area contributed by atoms with Crippen LogP contribution in [0.3, 0.4) is 0 Å². The van der Waals surface area contributed by atoms with Gasteiger partial charge in [0.2, 0.25) is 5.89 Å². The molecule has 0 atom stereocenters. The Balaban J connectivity index is 1.68. The third kappa shape index (κ3) is 2.34. The zero-order chi connectivity index (χ0) is 14.2. The second kappa shape index (κ2) is 5.00. The number of hydrogen-bond donors (Lipinski definition) is 1.